The molecule has 2 aromatic rings. The molecule has 0 saturated carbocycles. The second-order valence-electron chi connectivity index (χ2n) is 11.0. The van der Waals surface area contributed by atoms with Gasteiger partial charge in [-0.05, 0) is 75.2 Å². The van der Waals surface area contributed by atoms with Crippen LogP contribution in [0.1, 0.15) is 66.2 Å². The molecular weight excluding hydrogens is 484 g/mol. The Kier molecular flexibility index (Phi) is 8.28. The monoisotopic (exact) mass is 524 g/mol. The fourth-order valence-corrected chi connectivity index (χ4v) is 6.61. The number of hydrogen-bond acceptors (Lipinski definition) is 8. The number of carbonyl (C=O) groups excluding carboxylic acids is 2. The summed E-state index contributed by atoms with van der Waals surface area (Å²) in [5.41, 5.74) is 2.36. The van der Waals surface area contributed by atoms with Crippen molar-refractivity contribution >= 4 is 11.9 Å². The van der Waals surface area contributed by atoms with Gasteiger partial charge in [-0.1, -0.05) is 23.8 Å². The third-order valence-electron chi connectivity index (χ3n) is 8.57. The number of nitrogens with zero attached hydrogens (tertiary/aromatic N) is 5. The minimum atomic E-state index is -0.515. The van der Waals surface area contributed by atoms with Gasteiger partial charge in [0, 0.05) is 25.7 Å². The van der Waals surface area contributed by atoms with Gasteiger partial charge in [0.2, 0.25) is 5.91 Å². The van der Waals surface area contributed by atoms with Crippen LogP contribution in [-0.2, 0) is 16.1 Å². The van der Waals surface area contributed by atoms with Gasteiger partial charge in [0.25, 0.3) is 0 Å². The first-order valence-corrected chi connectivity index (χ1v) is 13.9. The van der Waals surface area contributed by atoms with Gasteiger partial charge in [-0.15, -0.1) is 5.10 Å². The van der Waals surface area contributed by atoms with Gasteiger partial charge in [0.05, 0.1) is 32.5 Å². The molecule has 3 aliphatic rings. The number of fused-ring (bicyclic) bond motifs is 1. The van der Waals surface area contributed by atoms with E-state index in [1.165, 1.54) is 52.3 Å². The fraction of sp³-hybridized carbons (Fsp3) is 0.643. The number of piperidine rings is 2. The first-order valence-electron chi connectivity index (χ1n) is 13.9. The Morgan fingerprint density at radius 2 is 1.97 bits per heavy atom. The molecule has 4 heterocycles. The van der Waals surface area contributed by atoms with Crippen LogP contribution in [0.5, 0.6) is 5.75 Å². The average molecular weight is 525 g/mol. The van der Waals surface area contributed by atoms with Crippen LogP contribution in [-0.4, -0.2) is 89.2 Å². The molecule has 4 atom stereocenters. The number of hydrogen-bond donors (Lipinski definition) is 1. The number of aromatic nitrogens is 3. The van der Waals surface area contributed by atoms with Gasteiger partial charge in [0.15, 0.2) is 5.69 Å². The first-order chi connectivity index (χ1) is 18.5. The topological polar surface area (TPSA) is 102 Å². The van der Waals surface area contributed by atoms with Crippen molar-refractivity contribution in [1.82, 2.24) is 30.1 Å². The summed E-state index contributed by atoms with van der Waals surface area (Å²) in [7, 11) is 3.00. The summed E-state index contributed by atoms with van der Waals surface area (Å²) in [6.45, 7) is 6.42. The maximum Gasteiger partial charge on any atom is 0.360 e. The number of nitrogens with one attached hydrogen (secondary N) is 1. The Morgan fingerprint density at radius 3 is 2.76 bits per heavy atom. The van der Waals surface area contributed by atoms with E-state index in [2.05, 4.69) is 37.6 Å². The number of rotatable bonds is 8. The normalized spacial score (nSPS) is 26.1. The van der Waals surface area contributed by atoms with E-state index in [4.69, 9.17) is 9.47 Å². The molecule has 0 radical (unpaired) electrons. The molecule has 0 bridgehead atoms. The van der Waals surface area contributed by atoms with Crippen LogP contribution < -0.4 is 10.1 Å². The van der Waals surface area contributed by atoms with E-state index < -0.39 is 5.97 Å². The van der Waals surface area contributed by atoms with Gasteiger partial charge in [0.1, 0.15) is 5.75 Å². The van der Waals surface area contributed by atoms with E-state index in [0.29, 0.717) is 31.5 Å². The Bertz CT molecular complexity index is 1130. The quantitative estimate of drug-likeness (QED) is 0.526. The van der Waals surface area contributed by atoms with Crippen molar-refractivity contribution in [3.63, 3.8) is 0 Å². The van der Waals surface area contributed by atoms with Gasteiger partial charge in [-0.25, -0.2) is 9.48 Å². The maximum absolute atomic E-state index is 13.6. The lowest BCUT2D eigenvalue weighted by Crippen LogP contribution is -2.52. The molecule has 0 unspecified atom stereocenters. The molecule has 206 valence electrons. The van der Waals surface area contributed by atoms with Crippen LogP contribution in [0.15, 0.2) is 24.4 Å². The number of aryl methyl sites for hydroxylation is 1. The lowest BCUT2D eigenvalue weighted by atomic mass is 9.83. The molecule has 3 fully saturated rings. The summed E-state index contributed by atoms with van der Waals surface area (Å²) in [6.07, 6.45) is 8.43. The van der Waals surface area contributed by atoms with Gasteiger partial charge in [-0.2, -0.15) is 0 Å². The van der Waals surface area contributed by atoms with Crippen molar-refractivity contribution in [2.75, 3.05) is 40.4 Å². The van der Waals surface area contributed by atoms with Crippen molar-refractivity contribution in [1.29, 1.82) is 0 Å². The fourth-order valence-electron chi connectivity index (χ4n) is 6.61. The Labute approximate surface area is 224 Å². The van der Waals surface area contributed by atoms with E-state index in [0.717, 1.165) is 23.4 Å². The predicted octanol–water partition coefficient (Wildman–Crippen LogP) is 2.58. The Balaban J connectivity index is 1.30. The second kappa shape index (κ2) is 11.8. The molecular formula is C28H40N6O4. The summed E-state index contributed by atoms with van der Waals surface area (Å²) in [6, 6.07) is 6.38. The van der Waals surface area contributed by atoms with Gasteiger partial charge in [-0.3, -0.25) is 9.69 Å². The molecule has 38 heavy (non-hydrogen) atoms. The third-order valence-corrected chi connectivity index (χ3v) is 8.57. The van der Waals surface area contributed by atoms with Crippen LogP contribution in [0, 0.1) is 12.8 Å². The highest BCUT2D eigenvalue weighted by Crippen LogP contribution is 2.32. The summed E-state index contributed by atoms with van der Waals surface area (Å²) in [5.74, 6) is 0.919. The summed E-state index contributed by atoms with van der Waals surface area (Å²) in [5, 5.41) is 11.5. The van der Waals surface area contributed by atoms with Crippen molar-refractivity contribution in [2.24, 2.45) is 5.92 Å². The zero-order valence-electron chi connectivity index (χ0n) is 22.8. The largest absolute Gasteiger partial charge is 0.496 e. The smallest absolute Gasteiger partial charge is 0.360 e. The van der Waals surface area contributed by atoms with Crippen molar-refractivity contribution < 1.29 is 19.1 Å². The Hall–Kier alpha value is -2.98. The third kappa shape index (κ3) is 5.71. The summed E-state index contributed by atoms with van der Waals surface area (Å²) in [4.78, 5) is 30.4. The van der Waals surface area contributed by atoms with Crippen LogP contribution in [0.3, 0.4) is 0 Å². The van der Waals surface area contributed by atoms with Crippen LogP contribution in [0.2, 0.25) is 0 Å². The van der Waals surface area contributed by atoms with Gasteiger partial charge >= 0.3 is 5.97 Å². The summed E-state index contributed by atoms with van der Waals surface area (Å²) < 4.78 is 11.9. The first kappa shape index (κ1) is 26.6. The maximum atomic E-state index is 13.6. The van der Waals surface area contributed by atoms with Crippen molar-refractivity contribution in [3.8, 4) is 5.75 Å². The lowest BCUT2D eigenvalue weighted by molar-refractivity contribution is -0.126. The van der Waals surface area contributed by atoms with Gasteiger partial charge < -0.3 is 19.7 Å². The molecule has 0 aliphatic carbocycles. The molecule has 10 heteroatoms. The van der Waals surface area contributed by atoms with Crippen LogP contribution in [0.4, 0.5) is 0 Å². The number of likely N-dealkylation sites (tertiary alicyclic amines) is 1. The van der Waals surface area contributed by atoms with Crippen LogP contribution in [0.25, 0.3) is 0 Å². The zero-order chi connectivity index (χ0) is 26.6. The number of benzene rings is 1. The second-order valence-corrected chi connectivity index (χ2v) is 11.0. The van der Waals surface area contributed by atoms with E-state index in [9.17, 15) is 9.59 Å². The molecule has 3 aliphatic heterocycles. The van der Waals surface area contributed by atoms with E-state index in [-0.39, 0.29) is 23.7 Å². The number of methoxy groups -OCH3 is 2. The lowest BCUT2D eigenvalue weighted by Gasteiger charge is -2.44. The molecule has 1 N–H and O–H groups in total. The standard InChI is InChI=1S/C28H40N6O4/c1-19-13-20(9-10-26(19)37-2)16-33-17-22(34-18-23(30-31-34)28(36)38-3)14-25(33)27(35)29-15-21-7-6-12-32-11-5-4-8-24(21)32/h9-10,13,18,21-22,24-25H,4-8,11-12,14-17H2,1-3H3,(H,29,35)/t21-,22-,24+,25-/m0/s1. The highest BCUT2D eigenvalue weighted by molar-refractivity contribution is 5.86. The number of carbonyl (C=O) groups is 2. The van der Waals surface area contributed by atoms with E-state index >= 15 is 0 Å². The number of esters is 1. The highest BCUT2D eigenvalue weighted by Gasteiger charge is 2.39. The predicted molar refractivity (Wildman–Crippen MR) is 142 cm³/mol. The Morgan fingerprint density at radius 1 is 1.13 bits per heavy atom. The van der Waals surface area contributed by atoms with E-state index in [1.807, 2.05) is 13.0 Å². The van der Waals surface area contributed by atoms with Crippen LogP contribution >= 0.6 is 0 Å². The van der Waals surface area contributed by atoms with Crippen molar-refractivity contribution in [3.05, 3.63) is 41.2 Å². The number of ether oxygens (including phenoxy) is 2. The van der Waals surface area contributed by atoms with Crippen molar-refractivity contribution in [2.45, 2.75) is 70.1 Å². The molecule has 3 saturated heterocycles. The zero-order valence-corrected chi connectivity index (χ0v) is 22.8. The minimum absolute atomic E-state index is 0.0685. The molecule has 5 rings (SSSR count). The SMILES string of the molecule is COC(=O)c1cn([C@H]2C[C@@H](C(=O)NC[C@@H]3CCCN4CCCC[C@H]34)N(Cc3ccc(OC)c(C)c3)C2)nn1. The molecule has 0 spiro atoms. The molecule has 1 amide bonds. The average Bonchev–Trinajstić information content (AvgIpc) is 3.59. The molecule has 1 aromatic heterocycles. The van der Waals surface area contributed by atoms with E-state index in [1.54, 1.807) is 18.0 Å². The molecule has 1 aromatic carbocycles. The number of amides is 1. The minimum Gasteiger partial charge on any atom is -0.496 e. The summed E-state index contributed by atoms with van der Waals surface area (Å²) >= 11 is 0. The highest BCUT2D eigenvalue weighted by atomic mass is 16.5. The molecule has 10 nitrogen and oxygen atoms in total.